The zero-order valence-corrected chi connectivity index (χ0v) is 6.99. The van der Waals surface area contributed by atoms with Gasteiger partial charge in [-0.2, -0.15) is 5.26 Å². The third-order valence-corrected chi connectivity index (χ3v) is 2.04. The Labute approximate surface area is 72.4 Å². The molecule has 1 rings (SSSR count). The van der Waals surface area contributed by atoms with Gasteiger partial charge < -0.3 is 4.90 Å². The fourth-order valence-corrected chi connectivity index (χ4v) is 1.27. The van der Waals surface area contributed by atoms with Crippen molar-refractivity contribution in [1.29, 1.82) is 5.26 Å². The van der Waals surface area contributed by atoms with Gasteiger partial charge in [0.05, 0.1) is 6.07 Å². The van der Waals surface area contributed by atoms with E-state index in [9.17, 15) is 4.79 Å². The van der Waals surface area contributed by atoms with E-state index in [1.165, 1.54) is 0 Å². The van der Waals surface area contributed by atoms with E-state index in [1.807, 2.05) is 6.41 Å². The number of hydrogen-bond donors (Lipinski definition) is 0. The molecular weight excluding hydrogens is 154 g/mol. The molecule has 0 bridgehead atoms. The first-order chi connectivity index (χ1) is 5.86. The third kappa shape index (κ3) is 2.51. The normalized spacial score (nSPS) is 18.8. The monoisotopic (exact) mass is 166 g/mol. The molecule has 0 saturated carbocycles. The van der Waals surface area contributed by atoms with Gasteiger partial charge in [0, 0.05) is 39.1 Å². The SMILES string of the molecule is N#CCCN1CCN([C]=O)CC1. The molecule has 1 amide bonds. The molecular formula is C8H12N3O. The van der Waals surface area contributed by atoms with Crippen LogP contribution in [0.3, 0.4) is 0 Å². The van der Waals surface area contributed by atoms with Crippen molar-refractivity contribution in [3.8, 4) is 6.07 Å². The summed E-state index contributed by atoms with van der Waals surface area (Å²) in [5.41, 5.74) is 0. The van der Waals surface area contributed by atoms with Crippen molar-refractivity contribution in [3.63, 3.8) is 0 Å². The molecule has 1 heterocycles. The molecule has 0 aromatic rings. The molecule has 65 valence electrons. The van der Waals surface area contributed by atoms with Crippen LogP contribution in [-0.4, -0.2) is 48.9 Å². The van der Waals surface area contributed by atoms with Gasteiger partial charge in [-0.25, -0.2) is 0 Å². The van der Waals surface area contributed by atoms with Gasteiger partial charge in [-0.1, -0.05) is 0 Å². The highest BCUT2D eigenvalue weighted by Crippen LogP contribution is 1.99. The van der Waals surface area contributed by atoms with Crippen LogP contribution in [0.5, 0.6) is 0 Å². The average molecular weight is 166 g/mol. The number of hydrogen-bond acceptors (Lipinski definition) is 3. The topological polar surface area (TPSA) is 47.3 Å². The maximum atomic E-state index is 10.2. The summed E-state index contributed by atoms with van der Waals surface area (Å²) in [7, 11) is 0. The van der Waals surface area contributed by atoms with E-state index < -0.39 is 0 Å². The van der Waals surface area contributed by atoms with E-state index in [0.717, 1.165) is 32.7 Å². The van der Waals surface area contributed by atoms with Gasteiger partial charge in [-0.3, -0.25) is 9.69 Å². The fraction of sp³-hybridized carbons (Fsp3) is 0.750. The van der Waals surface area contributed by atoms with Crippen LogP contribution in [-0.2, 0) is 4.79 Å². The number of amides is 1. The number of nitrogens with zero attached hydrogens (tertiary/aromatic N) is 3. The van der Waals surface area contributed by atoms with Crippen LogP contribution in [0.1, 0.15) is 6.42 Å². The lowest BCUT2D eigenvalue weighted by molar-refractivity contribution is 0.181. The minimum atomic E-state index is 0.574. The molecule has 4 heteroatoms. The van der Waals surface area contributed by atoms with Crippen LogP contribution in [0.4, 0.5) is 0 Å². The minimum absolute atomic E-state index is 0.574. The van der Waals surface area contributed by atoms with Gasteiger partial charge in [-0.05, 0) is 0 Å². The predicted molar refractivity (Wildman–Crippen MR) is 43.9 cm³/mol. The highest BCUT2D eigenvalue weighted by atomic mass is 16.1. The average Bonchev–Trinajstić information content (AvgIpc) is 2.15. The standard InChI is InChI=1S/C8H12N3O/c9-2-1-3-10-4-6-11(8-12)7-5-10/h1,3-7H2. The summed E-state index contributed by atoms with van der Waals surface area (Å²) in [6, 6.07) is 2.11. The van der Waals surface area contributed by atoms with Gasteiger partial charge in [-0.15, -0.1) is 0 Å². The number of piperazine rings is 1. The van der Waals surface area contributed by atoms with E-state index in [1.54, 1.807) is 4.90 Å². The Morgan fingerprint density at radius 2 is 1.92 bits per heavy atom. The summed E-state index contributed by atoms with van der Waals surface area (Å²) in [4.78, 5) is 14.0. The van der Waals surface area contributed by atoms with Crippen molar-refractivity contribution in [3.05, 3.63) is 0 Å². The molecule has 4 nitrogen and oxygen atoms in total. The largest absolute Gasteiger partial charge is 0.332 e. The quantitative estimate of drug-likeness (QED) is 0.572. The van der Waals surface area contributed by atoms with Crippen molar-refractivity contribution >= 4 is 6.41 Å². The van der Waals surface area contributed by atoms with Crippen molar-refractivity contribution in [2.45, 2.75) is 6.42 Å². The lowest BCUT2D eigenvalue weighted by Crippen LogP contribution is -2.45. The molecule has 0 spiro atoms. The van der Waals surface area contributed by atoms with Crippen molar-refractivity contribution in [1.82, 2.24) is 9.80 Å². The first-order valence-electron chi connectivity index (χ1n) is 4.09. The number of carbonyl (C=O) groups excluding carboxylic acids is 1. The lowest BCUT2D eigenvalue weighted by atomic mass is 10.3. The van der Waals surface area contributed by atoms with E-state index in [0.29, 0.717) is 6.42 Å². The van der Waals surface area contributed by atoms with Gasteiger partial charge in [0.25, 0.3) is 0 Å². The molecule has 0 aromatic carbocycles. The first kappa shape index (κ1) is 9.01. The Morgan fingerprint density at radius 1 is 1.25 bits per heavy atom. The van der Waals surface area contributed by atoms with Crippen LogP contribution in [0.15, 0.2) is 0 Å². The molecule has 1 radical (unpaired) electrons. The molecule has 0 unspecified atom stereocenters. The molecule has 1 aliphatic rings. The molecule has 1 aliphatic heterocycles. The molecule has 1 saturated heterocycles. The second kappa shape index (κ2) is 4.73. The Bertz CT molecular complexity index is 179. The van der Waals surface area contributed by atoms with Crippen LogP contribution in [0.25, 0.3) is 0 Å². The third-order valence-electron chi connectivity index (χ3n) is 2.04. The molecule has 0 atom stereocenters. The fourth-order valence-electron chi connectivity index (χ4n) is 1.27. The molecule has 1 fully saturated rings. The smallest absolute Gasteiger partial charge is 0.312 e. The van der Waals surface area contributed by atoms with Crippen molar-refractivity contribution in [2.75, 3.05) is 32.7 Å². The Hall–Kier alpha value is -1.08. The van der Waals surface area contributed by atoms with E-state index in [2.05, 4.69) is 11.0 Å². The molecule has 0 aliphatic carbocycles. The van der Waals surface area contributed by atoms with E-state index >= 15 is 0 Å². The maximum Gasteiger partial charge on any atom is 0.312 e. The zero-order chi connectivity index (χ0) is 8.81. The van der Waals surface area contributed by atoms with Gasteiger partial charge in [0.2, 0.25) is 0 Å². The minimum Gasteiger partial charge on any atom is -0.332 e. The summed E-state index contributed by atoms with van der Waals surface area (Å²) in [5.74, 6) is 0. The number of nitriles is 1. The van der Waals surface area contributed by atoms with Crippen LogP contribution in [0, 0.1) is 11.3 Å². The summed E-state index contributed by atoms with van der Waals surface area (Å²) in [6.07, 6.45) is 2.45. The Balaban J connectivity index is 2.18. The van der Waals surface area contributed by atoms with Gasteiger partial charge in [0.15, 0.2) is 0 Å². The summed E-state index contributed by atoms with van der Waals surface area (Å²) >= 11 is 0. The summed E-state index contributed by atoms with van der Waals surface area (Å²) < 4.78 is 0. The van der Waals surface area contributed by atoms with Gasteiger partial charge in [0.1, 0.15) is 0 Å². The maximum absolute atomic E-state index is 10.2. The number of rotatable bonds is 3. The van der Waals surface area contributed by atoms with Crippen LogP contribution >= 0.6 is 0 Å². The highest BCUT2D eigenvalue weighted by molar-refractivity contribution is 5.48. The second-order valence-electron chi connectivity index (χ2n) is 2.83. The van der Waals surface area contributed by atoms with E-state index in [-0.39, 0.29) is 0 Å². The Morgan fingerprint density at radius 3 is 2.42 bits per heavy atom. The van der Waals surface area contributed by atoms with E-state index in [4.69, 9.17) is 5.26 Å². The lowest BCUT2D eigenvalue weighted by Gasteiger charge is -2.31. The molecule has 0 N–H and O–H groups in total. The first-order valence-corrected chi connectivity index (χ1v) is 4.09. The summed E-state index contributed by atoms with van der Waals surface area (Å²) in [5, 5.41) is 8.35. The predicted octanol–water partition coefficient (Wildman–Crippen LogP) is -0.415. The van der Waals surface area contributed by atoms with Crippen LogP contribution in [0.2, 0.25) is 0 Å². The zero-order valence-electron chi connectivity index (χ0n) is 6.99. The van der Waals surface area contributed by atoms with Gasteiger partial charge >= 0.3 is 6.41 Å². The Kier molecular flexibility index (Phi) is 3.55. The van der Waals surface area contributed by atoms with Crippen molar-refractivity contribution in [2.24, 2.45) is 0 Å². The second-order valence-corrected chi connectivity index (χ2v) is 2.83. The molecule has 12 heavy (non-hydrogen) atoms. The summed E-state index contributed by atoms with van der Waals surface area (Å²) in [6.45, 7) is 4.06. The highest BCUT2D eigenvalue weighted by Gasteiger charge is 2.14. The molecule has 0 aromatic heterocycles. The van der Waals surface area contributed by atoms with Crippen molar-refractivity contribution < 1.29 is 4.79 Å². The van der Waals surface area contributed by atoms with Crippen LogP contribution < -0.4 is 0 Å².